The lowest BCUT2D eigenvalue weighted by Crippen LogP contribution is -2.41. The van der Waals surface area contributed by atoms with Crippen molar-refractivity contribution in [3.8, 4) is 0 Å². The fraction of sp³-hybridized carbons (Fsp3) is 0.222. The van der Waals surface area contributed by atoms with Gasteiger partial charge in [0.1, 0.15) is 5.70 Å². The van der Waals surface area contributed by atoms with Crippen LogP contribution in [-0.4, -0.2) is 58.2 Å². The molecule has 0 radical (unpaired) electrons. The molecule has 10 heteroatoms. The van der Waals surface area contributed by atoms with E-state index >= 15 is 0 Å². The van der Waals surface area contributed by atoms with Crippen LogP contribution in [0.25, 0.3) is 6.08 Å². The summed E-state index contributed by atoms with van der Waals surface area (Å²) in [6.07, 6.45) is 2.65. The number of non-ortho nitro benzene ring substituents is 1. The number of amides is 2. The second-order valence-electron chi connectivity index (χ2n) is 5.58. The summed E-state index contributed by atoms with van der Waals surface area (Å²) in [5.41, 5.74) is 0.172. The smallest absolute Gasteiger partial charge is 0.291 e. The first-order valence-electron chi connectivity index (χ1n) is 8.28. The average molecular weight is 389 g/mol. The number of nitro benzene ring substituents is 1. The first-order valence-corrected chi connectivity index (χ1v) is 8.28. The molecule has 0 aliphatic carbocycles. The van der Waals surface area contributed by atoms with Gasteiger partial charge < -0.3 is 24.8 Å². The lowest BCUT2D eigenvalue weighted by Gasteiger charge is -2.22. The summed E-state index contributed by atoms with van der Waals surface area (Å²) in [4.78, 5) is 36.5. The highest BCUT2D eigenvalue weighted by atomic mass is 16.6. The zero-order valence-electron chi connectivity index (χ0n) is 14.8. The molecular formula is C18H19N3O7. The summed E-state index contributed by atoms with van der Waals surface area (Å²) < 4.78 is 5.00. The third-order valence-electron chi connectivity index (χ3n) is 3.67. The van der Waals surface area contributed by atoms with Gasteiger partial charge in [-0.1, -0.05) is 0 Å². The van der Waals surface area contributed by atoms with Crippen LogP contribution in [0.5, 0.6) is 0 Å². The van der Waals surface area contributed by atoms with Gasteiger partial charge in [0.15, 0.2) is 5.76 Å². The summed E-state index contributed by atoms with van der Waals surface area (Å²) in [5, 5.41) is 31.5. The standard InChI is InChI=1S/C18H19N3O7/c22-9-7-20(8-10-23)18(25)15(19-17(24)16-2-1-11-28-16)12-13-3-5-14(6-4-13)21(26)27/h1-6,11-12,22-23H,7-10H2,(H,19,24)/b15-12-. The van der Waals surface area contributed by atoms with Crippen LogP contribution in [-0.2, 0) is 4.79 Å². The van der Waals surface area contributed by atoms with Crippen molar-refractivity contribution in [3.63, 3.8) is 0 Å². The van der Waals surface area contributed by atoms with E-state index in [0.717, 1.165) is 0 Å². The van der Waals surface area contributed by atoms with Crippen LogP contribution in [0.1, 0.15) is 16.1 Å². The molecule has 0 saturated heterocycles. The maximum atomic E-state index is 12.8. The molecule has 2 rings (SSSR count). The van der Waals surface area contributed by atoms with Crippen molar-refractivity contribution in [1.82, 2.24) is 10.2 Å². The van der Waals surface area contributed by atoms with Crippen LogP contribution in [0.15, 0.2) is 52.8 Å². The largest absolute Gasteiger partial charge is 0.459 e. The Morgan fingerprint density at radius 3 is 2.29 bits per heavy atom. The Bertz CT molecular complexity index is 839. The van der Waals surface area contributed by atoms with Crippen molar-refractivity contribution in [1.29, 1.82) is 0 Å². The topological polar surface area (TPSA) is 146 Å². The molecule has 0 spiro atoms. The first-order chi connectivity index (χ1) is 13.5. The molecule has 0 saturated carbocycles. The van der Waals surface area contributed by atoms with Crippen LogP contribution in [0.4, 0.5) is 5.69 Å². The highest BCUT2D eigenvalue weighted by molar-refractivity contribution is 6.04. The number of hydrogen-bond acceptors (Lipinski definition) is 7. The molecule has 1 aromatic heterocycles. The normalized spacial score (nSPS) is 11.1. The van der Waals surface area contributed by atoms with Gasteiger partial charge in [-0.15, -0.1) is 0 Å². The Labute approximate surface area is 159 Å². The number of nitrogens with zero attached hydrogens (tertiary/aromatic N) is 2. The van der Waals surface area contributed by atoms with Crippen LogP contribution in [0.3, 0.4) is 0 Å². The predicted octanol–water partition coefficient (Wildman–Crippen LogP) is 0.772. The molecule has 148 valence electrons. The summed E-state index contributed by atoms with van der Waals surface area (Å²) in [6, 6.07) is 8.31. The van der Waals surface area contributed by atoms with E-state index in [1.54, 1.807) is 0 Å². The molecule has 0 aliphatic heterocycles. The molecule has 1 aromatic carbocycles. The maximum Gasteiger partial charge on any atom is 0.291 e. The van der Waals surface area contributed by atoms with E-state index in [4.69, 9.17) is 14.6 Å². The second kappa shape index (κ2) is 10.00. The number of nitrogens with one attached hydrogen (secondary N) is 1. The van der Waals surface area contributed by atoms with Gasteiger partial charge in [0.05, 0.1) is 24.4 Å². The Kier molecular flexibility index (Phi) is 7.43. The number of aliphatic hydroxyl groups is 2. The fourth-order valence-corrected chi connectivity index (χ4v) is 2.33. The molecule has 0 aliphatic rings. The quantitative estimate of drug-likeness (QED) is 0.326. The number of carbonyl (C=O) groups excluding carboxylic acids is 2. The average Bonchev–Trinajstić information content (AvgIpc) is 3.22. The van der Waals surface area contributed by atoms with E-state index in [2.05, 4.69) is 5.32 Å². The highest BCUT2D eigenvalue weighted by Crippen LogP contribution is 2.15. The highest BCUT2D eigenvalue weighted by Gasteiger charge is 2.21. The molecule has 3 N–H and O–H groups in total. The van der Waals surface area contributed by atoms with Crippen LogP contribution >= 0.6 is 0 Å². The van der Waals surface area contributed by atoms with Crippen LogP contribution in [0.2, 0.25) is 0 Å². The van der Waals surface area contributed by atoms with Gasteiger partial charge in [0.25, 0.3) is 17.5 Å². The van der Waals surface area contributed by atoms with E-state index in [0.29, 0.717) is 5.56 Å². The van der Waals surface area contributed by atoms with Crippen molar-refractivity contribution in [3.05, 3.63) is 69.8 Å². The number of aliphatic hydroxyl groups excluding tert-OH is 2. The fourth-order valence-electron chi connectivity index (χ4n) is 2.33. The molecule has 1 heterocycles. The van der Waals surface area contributed by atoms with Gasteiger partial charge in [-0.3, -0.25) is 19.7 Å². The molecule has 0 unspecified atom stereocenters. The summed E-state index contributed by atoms with van der Waals surface area (Å²) in [6.45, 7) is -0.757. The monoisotopic (exact) mass is 389 g/mol. The lowest BCUT2D eigenvalue weighted by molar-refractivity contribution is -0.384. The SMILES string of the molecule is O=C(N/C(=C\c1ccc([N+](=O)[O-])cc1)C(=O)N(CCO)CCO)c1ccco1. The molecule has 0 atom stereocenters. The third-order valence-corrected chi connectivity index (χ3v) is 3.67. The first kappa shape index (κ1) is 20.8. The molecule has 2 aromatic rings. The number of furan rings is 1. The van der Waals surface area contributed by atoms with Gasteiger partial charge in [0, 0.05) is 25.2 Å². The van der Waals surface area contributed by atoms with Gasteiger partial charge in [-0.25, -0.2) is 0 Å². The van der Waals surface area contributed by atoms with Gasteiger partial charge in [0.2, 0.25) is 0 Å². The van der Waals surface area contributed by atoms with E-state index in [-0.39, 0.29) is 43.4 Å². The number of hydrogen-bond donors (Lipinski definition) is 3. The minimum atomic E-state index is -0.667. The second-order valence-corrected chi connectivity index (χ2v) is 5.58. The van der Waals surface area contributed by atoms with Crippen molar-refractivity contribution in [2.45, 2.75) is 0 Å². The van der Waals surface area contributed by atoms with Gasteiger partial charge in [-0.2, -0.15) is 0 Å². The Morgan fingerprint density at radius 1 is 1.14 bits per heavy atom. The number of nitro groups is 1. The summed E-state index contributed by atoms with van der Waals surface area (Å²) >= 11 is 0. The number of rotatable bonds is 9. The minimum absolute atomic E-state index is 0.0155. The molecule has 10 nitrogen and oxygen atoms in total. The molecule has 2 amide bonds. The van der Waals surface area contributed by atoms with Crippen LogP contribution < -0.4 is 5.32 Å². The van der Waals surface area contributed by atoms with Gasteiger partial charge in [-0.05, 0) is 35.9 Å². The Morgan fingerprint density at radius 2 is 1.79 bits per heavy atom. The van der Waals surface area contributed by atoms with E-state index < -0.39 is 16.7 Å². The predicted molar refractivity (Wildman–Crippen MR) is 98.0 cm³/mol. The zero-order valence-corrected chi connectivity index (χ0v) is 14.8. The molecule has 0 fully saturated rings. The van der Waals surface area contributed by atoms with E-state index in [1.165, 1.54) is 53.6 Å². The van der Waals surface area contributed by atoms with Crippen molar-refractivity contribution >= 4 is 23.6 Å². The Balaban J connectivity index is 2.34. The van der Waals surface area contributed by atoms with Crippen LogP contribution in [0, 0.1) is 10.1 Å². The summed E-state index contributed by atoms with van der Waals surface area (Å²) in [5.74, 6) is -1.32. The van der Waals surface area contributed by atoms with Gasteiger partial charge >= 0.3 is 0 Å². The van der Waals surface area contributed by atoms with E-state index in [1.807, 2.05) is 0 Å². The zero-order chi connectivity index (χ0) is 20.5. The summed E-state index contributed by atoms with van der Waals surface area (Å²) in [7, 11) is 0. The van der Waals surface area contributed by atoms with Crippen molar-refractivity contribution < 1.29 is 29.1 Å². The molecular weight excluding hydrogens is 370 g/mol. The number of carbonyl (C=O) groups is 2. The van der Waals surface area contributed by atoms with E-state index in [9.17, 15) is 19.7 Å². The molecule has 28 heavy (non-hydrogen) atoms. The minimum Gasteiger partial charge on any atom is -0.459 e. The number of benzene rings is 1. The lowest BCUT2D eigenvalue weighted by atomic mass is 10.1. The molecule has 0 bridgehead atoms. The Hall–Kier alpha value is -3.50. The maximum absolute atomic E-state index is 12.8. The van der Waals surface area contributed by atoms with Crippen molar-refractivity contribution in [2.75, 3.05) is 26.3 Å². The third kappa shape index (κ3) is 5.50. The van der Waals surface area contributed by atoms with Crippen molar-refractivity contribution in [2.24, 2.45) is 0 Å².